The first-order valence-corrected chi connectivity index (χ1v) is 14.9. The van der Waals surface area contributed by atoms with Crippen LogP contribution in [0, 0.1) is 18.3 Å². The molecule has 3 fully saturated rings. The topological polar surface area (TPSA) is 71.1 Å². The predicted octanol–water partition coefficient (Wildman–Crippen LogP) is 4.47. The lowest BCUT2D eigenvalue weighted by Gasteiger charge is -2.33. The summed E-state index contributed by atoms with van der Waals surface area (Å²) in [5.41, 5.74) is 2.80. The van der Waals surface area contributed by atoms with E-state index in [1.54, 1.807) is 7.11 Å². The number of nitrogens with zero attached hydrogens (tertiary/aromatic N) is 2. The van der Waals surface area contributed by atoms with Gasteiger partial charge in [0.1, 0.15) is 5.75 Å². The van der Waals surface area contributed by atoms with Crippen LogP contribution >= 0.6 is 0 Å². The van der Waals surface area contributed by atoms with Crippen LogP contribution in [0.1, 0.15) is 61.0 Å². The lowest BCUT2D eigenvalue weighted by atomic mass is 9.90. The first-order valence-electron chi connectivity index (χ1n) is 14.9. The summed E-state index contributed by atoms with van der Waals surface area (Å²) in [5.74, 6) is 1.35. The lowest BCUT2D eigenvalue weighted by Crippen LogP contribution is -2.45. The third-order valence-corrected chi connectivity index (χ3v) is 8.98. The van der Waals surface area contributed by atoms with Gasteiger partial charge in [0.05, 0.1) is 13.0 Å². The molecule has 5 rings (SSSR count). The standard InChI is InChI=1S/C33H45N3O4/c1-23(2)35(32(38)26-12-11-24(3)29(18-26)40-16-8-15-39-4)21-27-20-34-22-33(27)19-30(33)36(28-13-14-28)31(37)17-25-9-6-5-7-10-25/h5-7,9-12,18,23,27-28,30,34H,8,13-17,19-22H2,1-4H3/t27-,30-,33?/m0/s1. The van der Waals surface area contributed by atoms with Crippen molar-refractivity contribution in [2.45, 2.75) is 71.0 Å². The quantitative estimate of drug-likeness (QED) is 0.375. The third-order valence-electron chi connectivity index (χ3n) is 8.98. The molecule has 0 radical (unpaired) electrons. The fraction of sp³-hybridized carbons (Fsp3) is 0.576. The van der Waals surface area contributed by atoms with E-state index in [4.69, 9.17) is 9.47 Å². The normalized spacial score (nSPS) is 23.4. The Morgan fingerprint density at radius 1 is 1.10 bits per heavy atom. The molecule has 3 aliphatic rings. The highest BCUT2D eigenvalue weighted by atomic mass is 16.5. The van der Waals surface area contributed by atoms with Crippen LogP contribution in [0.2, 0.25) is 0 Å². The van der Waals surface area contributed by atoms with Crippen molar-refractivity contribution in [2.24, 2.45) is 11.3 Å². The molecule has 0 aromatic heterocycles. The molecular formula is C33H45N3O4. The number of rotatable bonds is 13. The molecule has 40 heavy (non-hydrogen) atoms. The average Bonchev–Trinajstić information content (AvgIpc) is 3.86. The summed E-state index contributed by atoms with van der Waals surface area (Å²) < 4.78 is 11.1. The summed E-state index contributed by atoms with van der Waals surface area (Å²) in [6.45, 7) is 9.86. The van der Waals surface area contributed by atoms with E-state index >= 15 is 0 Å². The molecule has 7 heteroatoms. The Bertz CT molecular complexity index is 1180. The Hall–Kier alpha value is -2.90. The van der Waals surface area contributed by atoms with Crippen LogP contribution in [0.5, 0.6) is 5.75 Å². The van der Waals surface area contributed by atoms with Gasteiger partial charge in [-0.15, -0.1) is 0 Å². The molecule has 7 nitrogen and oxygen atoms in total. The van der Waals surface area contributed by atoms with E-state index in [1.807, 2.05) is 60.4 Å². The average molecular weight is 548 g/mol. The van der Waals surface area contributed by atoms with Crippen molar-refractivity contribution in [1.29, 1.82) is 0 Å². The van der Waals surface area contributed by atoms with E-state index in [-0.39, 0.29) is 29.3 Å². The number of carbonyl (C=O) groups excluding carboxylic acids is 2. The number of amides is 2. The minimum absolute atomic E-state index is 0.0372. The van der Waals surface area contributed by atoms with Gasteiger partial charge in [-0.05, 0) is 69.2 Å². The molecule has 2 saturated carbocycles. The van der Waals surface area contributed by atoms with Gasteiger partial charge in [0.2, 0.25) is 5.91 Å². The van der Waals surface area contributed by atoms with Crippen molar-refractivity contribution in [3.8, 4) is 5.75 Å². The molecule has 3 atom stereocenters. The SMILES string of the molecule is COCCCOc1cc(C(=O)N(C[C@@H]2CNCC23C[C@@H]3N(C(=O)Cc2ccccc2)C2CC2)C(C)C)ccc1C. The summed E-state index contributed by atoms with van der Waals surface area (Å²) in [6, 6.07) is 16.5. The number of hydrogen-bond acceptors (Lipinski definition) is 5. The van der Waals surface area contributed by atoms with Gasteiger partial charge in [0.15, 0.2) is 0 Å². The van der Waals surface area contributed by atoms with Crippen molar-refractivity contribution in [2.75, 3.05) is 40.0 Å². The van der Waals surface area contributed by atoms with Crippen LogP contribution in [0.4, 0.5) is 0 Å². The largest absolute Gasteiger partial charge is 0.493 e. The Labute approximate surface area is 239 Å². The Balaban J connectivity index is 1.28. The minimum Gasteiger partial charge on any atom is -0.493 e. The van der Waals surface area contributed by atoms with Crippen molar-refractivity contribution in [3.63, 3.8) is 0 Å². The molecule has 1 N–H and O–H groups in total. The molecule has 216 valence electrons. The van der Waals surface area contributed by atoms with Gasteiger partial charge in [-0.1, -0.05) is 36.4 Å². The summed E-state index contributed by atoms with van der Waals surface area (Å²) in [7, 11) is 1.69. The molecule has 1 aliphatic heterocycles. The highest BCUT2D eigenvalue weighted by Crippen LogP contribution is 2.59. The Kier molecular flexibility index (Phi) is 8.81. The van der Waals surface area contributed by atoms with E-state index in [1.165, 1.54) is 0 Å². The number of nitrogens with one attached hydrogen (secondary N) is 1. The maximum Gasteiger partial charge on any atom is 0.254 e. The van der Waals surface area contributed by atoms with E-state index < -0.39 is 0 Å². The van der Waals surface area contributed by atoms with E-state index in [9.17, 15) is 9.59 Å². The molecular weight excluding hydrogens is 502 g/mol. The smallest absolute Gasteiger partial charge is 0.254 e. The van der Waals surface area contributed by atoms with Crippen molar-refractivity contribution in [3.05, 3.63) is 65.2 Å². The molecule has 1 unspecified atom stereocenters. The maximum absolute atomic E-state index is 13.9. The molecule has 1 spiro atoms. The van der Waals surface area contributed by atoms with Crippen LogP contribution in [0.3, 0.4) is 0 Å². The first-order chi connectivity index (χ1) is 19.3. The van der Waals surface area contributed by atoms with Crippen LogP contribution in [0.15, 0.2) is 48.5 Å². The van der Waals surface area contributed by atoms with Crippen molar-refractivity contribution >= 4 is 11.8 Å². The number of ether oxygens (including phenoxy) is 2. The van der Waals surface area contributed by atoms with Crippen molar-refractivity contribution < 1.29 is 19.1 Å². The number of methoxy groups -OCH3 is 1. The third kappa shape index (κ3) is 6.21. The van der Waals surface area contributed by atoms with Gasteiger partial charge in [-0.2, -0.15) is 0 Å². The molecule has 0 bridgehead atoms. The summed E-state index contributed by atoms with van der Waals surface area (Å²) in [5, 5.41) is 3.62. The fourth-order valence-corrected chi connectivity index (χ4v) is 6.43. The second-order valence-corrected chi connectivity index (χ2v) is 12.2. The van der Waals surface area contributed by atoms with Gasteiger partial charge in [-0.25, -0.2) is 0 Å². The maximum atomic E-state index is 13.9. The summed E-state index contributed by atoms with van der Waals surface area (Å²) in [4.78, 5) is 31.6. The van der Waals surface area contributed by atoms with Crippen molar-refractivity contribution in [1.82, 2.24) is 15.1 Å². The zero-order chi connectivity index (χ0) is 28.3. The number of carbonyl (C=O) groups is 2. The Morgan fingerprint density at radius 2 is 1.88 bits per heavy atom. The van der Waals surface area contributed by atoms with Gasteiger partial charge in [0.25, 0.3) is 5.91 Å². The number of benzene rings is 2. The van der Waals surface area contributed by atoms with Gasteiger partial charge < -0.3 is 24.6 Å². The van der Waals surface area contributed by atoms with Crippen LogP contribution in [-0.4, -0.2) is 79.7 Å². The lowest BCUT2D eigenvalue weighted by molar-refractivity contribution is -0.132. The fourth-order valence-electron chi connectivity index (χ4n) is 6.43. The molecule has 2 aliphatic carbocycles. The van der Waals surface area contributed by atoms with E-state index in [0.29, 0.717) is 43.7 Å². The number of aryl methyl sites for hydroxylation is 1. The second-order valence-electron chi connectivity index (χ2n) is 12.2. The number of hydrogen-bond donors (Lipinski definition) is 1. The van der Waals surface area contributed by atoms with Gasteiger partial charge in [0, 0.05) is 68.9 Å². The predicted molar refractivity (Wildman–Crippen MR) is 157 cm³/mol. The molecule has 2 aromatic carbocycles. The highest BCUT2D eigenvalue weighted by molar-refractivity contribution is 5.95. The molecule has 1 saturated heterocycles. The van der Waals surface area contributed by atoms with Gasteiger partial charge in [-0.3, -0.25) is 9.59 Å². The first kappa shape index (κ1) is 28.6. The van der Waals surface area contributed by atoms with E-state index in [2.05, 4.69) is 24.1 Å². The van der Waals surface area contributed by atoms with Crippen LogP contribution in [-0.2, 0) is 16.0 Å². The van der Waals surface area contributed by atoms with Crippen LogP contribution < -0.4 is 10.1 Å². The minimum atomic E-state index is 0.0372. The second kappa shape index (κ2) is 12.3. The molecule has 1 heterocycles. The summed E-state index contributed by atoms with van der Waals surface area (Å²) >= 11 is 0. The zero-order valence-electron chi connectivity index (χ0n) is 24.5. The van der Waals surface area contributed by atoms with Gasteiger partial charge >= 0.3 is 0 Å². The Morgan fingerprint density at radius 3 is 2.58 bits per heavy atom. The highest BCUT2D eigenvalue weighted by Gasteiger charge is 2.65. The van der Waals surface area contributed by atoms with E-state index in [0.717, 1.165) is 55.6 Å². The molecule has 2 aromatic rings. The molecule has 2 amide bonds. The van der Waals surface area contributed by atoms with Crippen LogP contribution in [0.25, 0.3) is 0 Å². The monoisotopic (exact) mass is 547 g/mol. The zero-order valence-corrected chi connectivity index (χ0v) is 24.5. The summed E-state index contributed by atoms with van der Waals surface area (Å²) in [6.07, 6.45) is 4.49.